The molecule has 0 aliphatic heterocycles. The van der Waals surface area contributed by atoms with Crippen molar-refractivity contribution in [3.63, 3.8) is 0 Å². The number of hydrogen-bond acceptors (Lipinski definition) is 3. The average molecular weight is 116 g/mol. The number of oxime groups is 1. The molecule has 0 saturated carbocycles. The summed E-state index contributed by atoms with van der Waals surface area (Å²) >= 11 is 0. The van der Waals surface area contributed by atoms with Crippen LogP contribution in [0.3, 0.4) is 0 Å². The Bertz CT molecular complexity index is 70.8. The van der Waals surface area contributed by atoms with Gasteiger partial charge in [0.05, 0.1) is 6.21 Å². The lowest BCUT2D eigenvalue weighted by Crippen LogP contribution is -2.02. The molecule has 0 bridgehead atoms. The summed E-state index contributed by atoms with van der Waals surface area (Å²) in [7, 11) is 0. The van der Waals surface area contributed by atoms with Gasteiger partial charge in [-0.3, -0.25) is 0 Å². The van der Waals surface area contributed by atoms with Crippen molar-refractivity contribution in [2.75, 3.05) is 6.54 Å². The van der Waals surface area contributed by atoms with Gasteiger partial charge < -0.3 is 10.6 Å². The van der Waals surface area contributed by atoms with E-state index in [4.69, 9.17) is 10.6 Å². The lowest BCUT2D eigenvalue weighted by atomic mass is 10.5. The molecule has 0 amide bonds. The Morgan fingerprint density at radius 1 is 1.75 bits per heavy atom. The van der Waals surface area contributed by atoms with Gasteiger partial charge in [-0.25, -0.2) is 0 Å². The Balaban J connectivity index is 3.03. The molecule has 0 aromatic rings. The van der Waals surface area contributed by atoms with Crippen molar-refractivity contribution >= 4 is 6.21 Å². The van der Waals surface area contributed by atoms with Crippen molar-refractivity contribution in [2.45, 2.75) is 20.0 Å². The molecule has 0 saturated heterocycles. The Hall–Kier alpha value is -0.570. The smallest absolute Gasteiger partial charge is 0.122 e. The summed E-state index contributed by atoms with van der Waals surface area (Å²) in [6, 6.07) is 0. The van der Waals surface area contributed by atoms with Gasteiger partial charge in [-0.1, -0.05) is 5.16 Å². The zero-order valence-corrected chi connectivity index (χ0v) is 5.29. The van der Waals surface area contributed by atoms with Crippen LogP contribution in [0.15, 0.2) is 5.16 Å². The fourth-order valence-corrected chi connectivity index (χ4v) is 0.208. The largest absolute Gasteiger partial charge is 0.393 e. The van der Waals surface area contributed by atoms with Crippen LogP contribution < -0.4 is 5.73 Å². The first-order valence-corrected chi connectivity index (χ1v) is 2.65. The monoisotopic (exact) mass is 116 g/mol. The summed E-state index contributed by atoms with van der Waals surface area (Å²) in [5, 5.41) is 3.54. The molecule has 0 heterocycles. The van der Waals surface area contributed by atoms with E-state index in [1.807, 2.05) is 13.8 Å². The fourth-order valence-electron chi connectivity index (χ4n) is 0.208. The van der Waals surface area contributed by atoms with E-state index < -0.39 is 0 Å². The van der Waals surface area contributed by atoms with Crippen LogP contribution in [0.25, 0.3) is 0 Å². The first-order valence-electron chi connectivity index (χ1n) is 2.65. The van der Waals surface area contributed by atoms with Crippen LogP contribution in [0.1, 0.15) is 13.8 Å². The predicted molar refractivity (Wildman–Crippen MR) is 33.8 cm³/mol. The highest BCUT2D eigenvalue weighted by molar-refractivity contribution is 5.58. The fraction of sp³-hybridized carbons (Fsp3) is 0.800. The third-order valence-corrected chi connectivity index (χ3v) is 0.452. The van der Waals surface area contributed by atoms with Gasteiger partial charge in [-0.2, -0.15) is 0 Å². The third-order valence-electron chi connectivity index (χ3n) is 0.452. The number of hydrogen-bond donors (Lipinski definition) is 1. The second-order valence-corrected chi connectivity index (χ2v) is 1.68. The van der Waals surface area contributed by atoms with Crippen LogP contribution in [-0.4, -0.2) is 18.9 Å². The van der Waals surface area contributed by atoms with Gasteiger partial charge in [0, 0.05) is 6.54 Å². The first-order chi connectivity index (χ1) is 3.77. The van der Waals surface area contributed by atoms with Crippen molar-refractivity contribution in [3.05, 3.63) is 0 Å². The molecule has 0 radical (unpaired) electrons. The molecule has 0 atom stereocenters. The van der Waals surface area contributed by atoms with Crippen molar-refractivity contribution in [1.29, 1.82) is 0 Å². The summed E-state index contributed by atoms with van der Waals surface area (Å²) in [5.41, 5.74) is 5.09. The number of rotatable bonds is 3. The predicted octanol–water partition coefficient (Wildman–Crippen LogP) is 0.356. The van der Waals surface area contributed by atoms with Gasteiger partial charge in [0.1, 0.15) is 6.10 Å². The molecule has 3 heteroatoms. The molecule has 48 valence electrons. The quantitative estimate of drug-likeness (QED) is 0.427. The zero-order chi connectivity index (χ0) is 6.41. The second-order valence-electron chi connectivity index (χ2n) is 1.68. The molecule has 0 unspecified atom stereocenters. The minimum Gasteiger partial charge on any atom is -0.393 e. The maximum atomic E-state index is 5.09. The van der Waals surface area contributed by atoms with Crippen LogP contribution in [0, 0.1) is 0 Å². The van der Waals surface area contributed by atoms with Crippen molar-refractivity contribution in [1.82, 2.24) is 0 Å². The van der Waals surface area contributed by atoms with E-state index in [-0.39, 0.29) is 6.10 Å². The van der Waals surface area contributed by atoms with Crippen LogP contribution in [0.4, 0.5) is 0 Å². The Morgan fingerprint density at radius 3 is 2.75 bits per heavy atom. The molecule has 0 aromatic heterocycles. The average Bonchev–Trinajstić information content (AvgIpc) is 1.66. The van der Waals surface area contributed by atoms with Crippen LogP contribution in [0.5, 0.6) is 0 Å². The highest BCUT2D eigenvalue weighted by Gasteiger charge is 1.84. The normalized spacial score (nSPS) is 11.0. The van der Waals surface area contributed by atoms with Gasteiger partial charge in [0.2, 0.25) is 0 Å². The lowest BCUT2D eigenvalue weighted by molar-refractivity contribution is 0.0870. The molecule has 2 N–H and O–H groups in total. The Morgan fingerprint density at radius 2 is 2.38 bits per heavy atom. The van der Waals surface area contributed by atoms with E-state index in [2.05, 4.69) is 5.16 Å². The molecule has 0 fully saturated rings. The van der Waals surface area contributed by atoms with Crippen LogP contribution in [-0.2, 0) is 4.84 Å². The molecular formula is C5H12N2O. The van der Waals surface area contributed by atoms with E-state index >= 15 is 0 Å². The minimum atomic E-state index is 0.151. The summed E-state index contributed by atoms with van der Waals surface area (Å²) in [4.78, 5) is 4.77. The molecule has 0 rings (SSSR count). The summed E-state index contributed by atoms with van der Waals surface area (Å²) in [6.07, 6.45) is 1.68. The van der Waals surface area contributed by atoms with Crippen molar-refractivity contribution in [3.8, 4) is 0 Å². The number of nitrogens with two attached hydrogens (primary N) is 1. The first kappa shape index (κ1) is 7.43. The second kappa shape index (κ2) is 4.59. The molecule has 3 nitrogen and oxygen atoms in total. The van der Waals surface area contributed by atoms with Crippen LogP contribution in [0.2, 0.25) is 0 Å². The Labute approximate surface area is 49.5 Å². The summed E-state index contributed by atoms with van der Waals surface area (Å²) in [6.45, 7) is 4.26. The van der Waals surface area contributed by atoms with E-state index in [0.29, 0.717) is 6.54 Å². The molecule has 0 aliphatic rings. The Kier molecular flexibility index (Phi) is 4.26. The SMILES string of the molecule is CC(C)ON=CCN. The molecule has 0 spiro atoms. The third kappa shape index (κ3) is 5.43. The maximum absolute atomic E-state index is 5.09. The molecule has 8 heavy (non-hydrogen) atoms. The highest BCUT2D eigenvalue weighted by atomic mass is 16.6. The van der Waals surface area contributed by atoms with Crippen molar-refractivity contribution < 1.29 is 4.84 Å². The van der Waals surface area contributed by atoms with Gasteiger partial charge in [0.15, 0.2) is 0 Å². The molecule has 0 aliphatic carbocycles. The van der Waals surface area contributed by atoms with Crippen LogP contribution >= 0.6 is 0 Å². The minimum absolute atomic E-state index is 0.151. The van der Waals surface area contributed by atoms with Gasteiger partial charge in [0.25, 0.3) is 0 Å². The van der Waals surface area contributed by atoms with E-state index in [9.17, 15) is 0 Å². The van der Waals surface area contributed by atoms with E-state index in [1.54, 1.807) is 0 Å². The van der Waals surface area contributed by atoms with Crippen molar-refractivity contribution in [2.24, 2.45) is 10.9 Å². The molecule has 0 aromatic carbocycles. The summed E-state index contributed by atoms with van der Waals surface area (Å²) in [5.74, 6) is 0. The number of nitrogens with zero attached hydrogens (tertiary/aromatic N) is 1. The zero-order valence-electron chi connectivity index (χ0n) is 5.29. The van der Waals surface area contributed by atoms with Gasteiger partial charge in [-0.15, -0.1) is 0 Å². The topological polar surface area (TPSA) is 47.6 Å². The lowest BCUT2D eigenvalue weighted by Gasteiger charge is -1.98. The van der Waals surface area contributed by atoms with E-state index in [0.717, 1.165) is 0 Å². The van der Waals surface area contributed by atoms with E-state index in [1.165, 1.54) is 6.21 Å². The van der Waals surface area contributed by atoms with Gasteiger partial charge in [-0.05, 0) is 13.8 Å². The molecular weight excluding hydrogens is 104 g/mol. The van der Waals surface area contributed by atoms with Gasteiger partial charge >= 0.3 is 0 Å². The highest BCUT2D eigenvalue weighted by Crippen LogP contribution is 1.84. The maximum Gasteiger partial charge on any atom is 0.122 e. The standard InChI is InChI=1S/C5H12N2O/c1-5(2)8-7-4-3-6/h4-5H,3,6H2,1-2H3. The summed E-state index contributed by atoms with van der Waals surface area (Å²) < 4.78 is 0.